The number of carbonyl (C=O) groups is 2. The van der Waals surface area contributed by atoms with Crippen LogP contribution in [-0.2, 0) is 19.1 Å². The van der Waals surface area contributed by atoms with Gasteiger partial charge in [0.2, 0.25) is 6.29 Å². The van der Waals surface area contributed by atoms with Crippen LogP contribution in [0.4, 0.5) is 0 Å². The molecule has 0 spiro atoms. The van der Waals surface area contributed by atoms with E-state index in [0.29, 0.717) is 0 Å². The zero-order valence-corrected chi connectivity index (χ0v) is 8.78. The molecule has 0 aromatic heterocycles. The molecule has 1 saturated carbocycles. The normalized spacial score (nSPS) is 18.3. The molecule has 0 amide bonds. The van der Waals surface area contributed by atoms with E-state index in [-0.39, 0.29) is 17.5 Å². The van der Waals surface area contributed by atoms with Crippen molar-refractivity contribution in [1.82, 2.24) is 0 Å². The first-order valence-electron chi connectivity index (χ1n) is 4.74. The van der Waals surface area contributed by atoms with Crippen molar-refractivity contribution < 1.29 is 19.1 Å². The summed E-state index contributed by atoms with van der Waals surface area (Å²) >= 11 is 0. The van der Waals surface area contributed by atoms with Crippen molar-refractivity contribution in [3.63, 3.8) is 0 Å². The highest BCUT2D eigenvalue weighted by Crippen LogP contribution is 2.32. The van der Waals surface area contributed by atoms with Gasteiger partial charge in [-0.3, -0.25) is 9.59 Å². The molecule has 0 aromatic rings. The minimum atomic E-state index is -0.910. The van der Waals surface area contributed by atoms with Crippen molar-refractivity contribution in [3.8, 4) is 0 Å². The van der Waals surface area contributed by atoms with E-state index in [1.807, 2.05) is 0 Å². The zero-order chi connectivity index (χ0) is 10.7. The van der Waals surface area contributed by atoms with E-state index in [2.05, 4.69) is 0 Å². The number of ketones is 2. The third-order valence-corrected chi connectivity index (χ3v) is 2.49. The van der Waals surface area contributed by atoms with Gasteiger partial charge in [0.15, 0.2) is 5.78 Å². The molecule has 0 bridgehead atoms. The number of hydrogen-bond donors (Lipinski definition) is 0. The molecule has 1 rings (SSSR count). The highest BCUT2D eigenvalue weighted by molar-refractivity contribution is 6.05. The third kappa shape index (κ3) is 2.39. The van der Waals surface area contributed by atoms with Crippen LogP contribution in [0, 0.1) is 11.8 Å². The van der Waals surface area contributed by atoms with Crippen LogP contribution in [-0.4, -0.2) is 32.1 Å². The summed E-state index contributed by atoms with van der Waals surface area (Å²) < 4.78 is 9.62. The minimum Gasteiger partial charge on any atom is -0.349 e. The fraction of sp³-hybridized carbons (Fsp3) is 0.800. The van der Waals surface area contributed by atoms with Crippen molar-refractivity contribution in [2.24, 2.45) is 11.8 Å². The number of rotatable bonds is 6. The first-order valence-corrected chi connectivity index (χ1v) is 4.74. The van der Waals surface area contributed by atoms with Gasteiger partial charge in [-0.1, -0.05) is 0 Å². The summed E-state index contributed by atoms with van der Waals surface area (Å²) in [6, 6.07) is 0. The van der Waals surface area contributed by atoms with Gasteiger partial charge in [0.25, 0.3) is 0 Å². The molecule has 0 saturated heterocycles. The second-order valence-corrected chi connectivity index (χ2v) is 3.60. The second kappa shape index (κ2) is 4.66. The predicted molar refractivity (Wildman–Crippen MR) is 49.7 cm³/mol. The highest BCUT2D eigenvalue weighted by atomic mass is 16.7. The molecule has 1 aliphatic carbocycles. The molecule has 0 aliphatic heterocycles. The molecule has 1 unspecified atom stereocenters. The van der Waals surface area contributed by atoms with Gasteiger partial charge < -0.3 is 9.47 Å². The summed E-state index contributed by atoms with van der Waals surface area (Å²) in [5.41, 5.74) is 0. The number of Topliss-reactive ketones (excluding diaryl/α,β-unsaturated/α-hetero) is 2. The lowest BCUT2D eigenvalue weighted by Gasteiger charge is -2.15. The average molecular weight is 200 g/mol. The fourth-order valence-corrected chi connectivity index (χ4v) is 1.39. The van der Waals surface area contributed by atoms with Crippen LogP contribution in [0.3, 0.4) is 0 Å². The summed E-state index contributed by atoms with van der Waals surface area (Å²) in [4.78, 5) is 23.2. The van der Waals surface area contributed by atoms with Gasteiger partial charge in [0.1, 0.15) is 5.78 Å². The molecule has 1 aliphatic rings. The second-order valence-electron chi connectivity index (χ2n) is 3.60. The first kappa shape index (κ1) is 11.3. The number of hydrogen-bond acceptors (Lipinski definition) is 4. The Bertz CT molecular complexity index is 228. The van der Waals surface area contributed by atoms with Crippen LogP contribution in [0.15, 0.2) is 0 Å². The Morgan fingerprint density at radius 2 is 1.71 bits per heavy atom. The lowest BCUT2D eigenvalue weighted by atomic mass is 9.97. The van der Waals surface area contributed by atoms with Gasteiger partial charge >= 0.3 is 0 Å². The predicted octanol–water partition coefficient (Wildman–Crippen LogP) is 0.790. The summed E-state index contributed by atoms with van der Waals surface area (Å²) in [7, 11) is 2.78. The van der Waals surface area contributed by atoms with Crippen molar-refractivity contribution in [2.75, 3.05) is 14.2 Å². The van der Waals surface area contributed by atoms with Crippen LogP contribution < -0.4 is 0 Å². The lowest BCUT2D eigenvalue weighted by molar-refractivity contribution is -0.162. The molecule has 80 valence electrons. The van der Waals surface area contributed by atoms with Gasteiger partial charge in [0.05, 0.1) is 5.92 Å². The summed E-state index contributed by atoms with van der Waals surface area (Å²) in [6.45, 7) is 1.62. The first-order chi connectivity index (χ1) is 6.61. The monoisotopic (exact) mass is 200 g/mol. The molecule has 0 N–H and O–H groups in total. The standard InChI is InChI=1S/C10H16O4/c1-6(8(11)7-4-5-7)9(12)10(13-2)14-3/h6-7,10H,4-5H2,1-3H3. The Balaban J connectivity index is 2.53. The van der Waals surface area contributed by atoms with Gasteiger partial charge in [0, 0.05) is 20.1 Å². The Kier molecular flexibility index (Phi) is 3.77. The Morgan fingerprint density at radius 3 is 2.07 bits per heavy atom. The Morgan fingerprint density at radius 1 is 1.21 bits per heavy atom. The highest BCUT2D eigenvalue weighted by Gasteiger charge is 2.37. The van der Waals surface area contributed by atoms with Gasteiger partial charge in [-0.2, -0.15) is 0 Å². The summed E-state index contributed by atoms with van der Waals surface area (Å²) in [6.07, 6.45) is 0.926. The number of carbonyl (C=O) groups excluding carboxylic acids is 2. The minimum absolute atomic E-state index is 0.0223. The maximum absolute atomic E-state index is 11.6. The molecule has 4 nitrogen and oxygen atoms in total. The largest absolute Gasteiger partial charge is 0.349 e. The SMILES string of the molecule is COC(OC)C(=O)C(C)C(=O)C1CC1. The molecule has 0 aromatic carbocycles. The van der Waals surface area contributed by atoms with Gasteiger partial charge in [-0.05, 0) is 19.8 Å². The van der Waals surface area contributed by atoms with E-state index >= 15 is 0 Å². The van der Waals surface area contributed by atoms with E-state index in [1.54, 1.807) is 6.92 Å². The van der Waals surface area contributed by atoms with E-state index in [4.69, 9.17) is 9.47 Å². The summed E-state index contributed by atoms with van der Waals surface area (Å²) in [5.74, 6) is -0.767. The molecule has 4 heteroatoms. The van der Waals surface area contributed by atoms with E-state index in [0.717, 1.165) is 12.8 Å². The van der Waals surface area contributed by atoms with Gasteiger partial charge in [-0.25, -0.2) is 0 Å². The average Bonchev–Trinajstić information content (AvgIpc) is 3.00. The maximum Gasteiger partial charge on any atom is 0.218 e. The van der Waals surface area contributed by atoms with Crippen LogP contribution in [0.5, 0.6) is 0 Å². The van der Waals surface area contributed by atoms with E-state index < -0.39 is 12.2 Å². The molecule has 0 heterocycles. The number of methoxy groups -OCH3 is 2. The van der Waals surface area contributed by atoms with Crippen molar-refractivity contribution in [1.29, 1.82) is 0 Å². The van der Waals surface area contributed by atoms with E-state index in [9.17, 15) is 9.59 Å². The van der Waals surface area contributed by atoms with Crippen LogP contribution in [0.25, 0.3) is 0 Å². The zero-order valence-electron chi connectivity index (χ0n) is 8.78. The number of ether oxygens (including phenoxy) is 2. The summed E-state index contributed by atoms with van der Waals surface area (Å²) in [5, 5.41) is 0. The quantitative estimate of drug-likeness (QED) is 0.470. The maximum atomic E-state index is 11.6. The van der Waals surface area contributed by atoms with Crippen LogP contribution in [0.1, 0.15) is 19.8 Å². The van der Waals surface area contributed by atoms with Gasteiger partial charge in [-0.15, -0.1) is 0 Å². The lowest BCUT2D eigenvalue weighted by Crippen LogP contribution is -2.34. The van der Waals surface area contributed by atoms with Crippen molar-refractivity contribution in [2.45, 2.75) is 26.1 Å². The molecule has 0 radical (unpaired) electrons. The fourth-order valence-electron chi connectivity index (χ4n) is 1.39. The third-order valence-electron chi connectivity index (χ3n) is 2.49. The van der Waals surface area contributed by atoms with Crippen molar-refractivity contribution in [3.05, 3.63) is 0 Å². The van der Waals surface area contributed by atoms with Crippen molar-refractivity contribution >= 4 is 11.6 Å². The molecular weight excluding hydrogens is 184 g/mol. The van der Waals surface area contributed by atoms with E-state index in [1.165, 1.54) is 14.2 Å². The molecular formula is C10H16O4. The molecule has 14 heavy (non-hydrogen) atoms. The van der Waals surface area contributed by atoms with Crippen LogP contribution in [0.2, 0.25) is 0 Å². The molecule has 1 fully saturated rings. The smallest absolute Gasteiger partial charge is 0.218 e. The molecule has 1 atom stereocenters. The Labute approximate surface area is 83.6 Å². The topological polar surface area (TPSA) is 52.6 Å². The van der Waals surface area contributed by atoms with Crippen LogP contribution >= 0.6 is 0 Å². The Hall–Kier alpha value is -0.740.